The molecular weight excluding hydrogens is 442 g/mol. The third kappa shape index (κ3) is 4.28. The third-order valence-corrected chi connectivity index (χ3v) is 7.53. The van der Waals surface area contributed by atoms with Crippen LogP contribution in [0, 0.1) is 0 Å². The van der Waals surface area contributed by atoms with Crippen molar-refractivity contribution in [3.63, 3.8) is 0 Å². The fourth-order valence-corrected chi connectivity index (χ4v) is 5.34. The molecule has 33 heavy (non-hydrogen) atoms. The number of amides is 2. The fourth-order valence-electron chi connectivity index (χ4n) is 4.42. The van der Waals surface area contributed by atoms with Crippen LogP contribution in [0.4, 0.5) is 0 Å². The van der Waals surface area contributed by atoms with E-state index in [0.717, 1.165) is 11.0 Å². The second kappa shape index (κ2) is 8.55. The van der Waals surface area contributed by atoms with Crippen molar-refractivity contribution in [2.24, 2.45) is 0 Å². The van der Waals surface area contributed by atoms with Crippen molar-refractivity contribution in [1.82, 2.24) is 24.6 Å². The molecule has 3 heterocycles. The second-order valence-corrected chi connectivity index (χ2v) is 10.0. The monoisotopic (exact) mass is 469 g/mol. The Bertz CT molecular complexity index is 1060. The van der Waals surface area contributed by atoms with Crippen molar-refractivity contribution >= 4 is 23.6 Å². The van der Waals surface area contributed by atoms with Gasteiger partial charge in [-0.25, -0.2) is 0 Å². The minimum absolute atomic E-state index is 0.0802. The van der Waals surface area contributed by atoms with E-state index < -0.39 is 6.10 Å². The molecule has 3 fully saturated rings. The standard InChI is InChI=1S/C23H27N5O4S/c29-20(14-33-23-25-24-21(15-5-6-15)28(23)16-7-8-16)26-9-11-27(12-10-26)22(30)19-13-31-17-3-1-2-4-18(17)32-19/h1-4,15-16,19H,5-14H2/t19-/m0/s1. The number of hydrogen-bond acceptors (Lipinski definition) is 7. The van der Waals surface area contributed by atoms with E-state index in [-0.39, 0.29) is 18.4 Å². The lowest BCUT2D eigenvalue weighted by Crippen LogP contribution is -2.55. The highest BCUT2D eigenvalue weighted by atomic mass is 32.2. The largest absolute Gasteiger partial charge is 0.485 e. The van der Waals surface area contributed by atoms with Crippen molar-refractivity contribution < 1.29 is 19.1 Å². The zero-order chi connectivity index (χ0) is 22.4. The summed E-state index contributed by atoms with van der Waals surface area (Å²) in [4.78, 5) is 29.4. The van der Waals surface area contributed by atoms with Crippen molar-refractivity contribution in [2.45, 2.75) is 48.9 Å². The summed E-state index contributed by atoms with van der Waals surface area (Å²) in [5.74, 6) is 3.26. The van der Waals surface area contributed by atoms with Crippen molar-refractivity contribution in [3.05, 3.63) is 30.1 Å². The summed E-state index contributed by atoms with van der Waals surface area (Å²) < 4.78 is 13.8. The Kier molecular flexibility index (Phi) is 5.40. The van der Waals surface area contributed by atoms with Gasteiger partial charge in [0.25, 0.3) is 5.91 Å². The number of ether oxygens (including phenoxy) is 2. The van der Waals surface area contributed by atoms with Crippen LogP contribution in [0.2, 0.25) is 0 Å². The second-order valence-electron chi connectivity index (χ2n) is 9.08. The molecule has 1 aromatic carbocycles. The number of nitrogens with zero attached hydrogens (tertiary/aromatic N) is 5. The number of hydrogen-bond donors (Lipinski definition) is 0. The lowest BCUT2D eigenvalue weighted by Gasteiger charge is -2.37. The Balaban J connectivity index is 1.01. The number of carbonyl (C=O) groups is 2. The van der Waals surface area contributed by atoms with Gasteiger partial charge in [-0.15, -0.1) is 10.2 Å². The Hall–Kier alpha value is -2.75. The molecule has 0 spiro atoms. The van der Waals surface area contributed by atoms with E-state index in [0.29, 0.717) is 55.4 Å². The molecule has 2 saturated carbocycles. The van der Waals surface area contributed by atoms with E-state index in [1.54, 1.807) is 11.0 Å². The topological polar surface area (TPSA) is 89.8 Å². The van der Waals surface area contributed by atoms with E-state index in [1.807, 2.05) is 23.1 Å². The lowest BCUT2D eigenvalue weighted by atomic mass is 10.2. The Morgan fingerprint density at radius 3 is 2.42 bits per heavy atom. The highest BCUT2D eigenvalue weighted by molar-refractivity contribution is 7.99. The average molecular weight is 470 g/mol. The predicted molar refractivity (Wildman–Crippen MR) is 121 cm³/mol. The number of carbonyl (C=O) groups excluding carboxylic acids is 2. The smallest absolute Gasteiger partial charge is 0.267 e. The summed E-state index contributed by atoms with van der Waals surface area (Å²) in [6.45, 7) is 2.26. The van der Waals surface area contributed by atoms with Crippen molar-refractivity contribution in [3.8, 4) is 11.5 Å². The molecule has 0 N–H and O–H groups in total. The zero-order valence-electron chi connectivity index (χ0n) is 18.4. The van der Waals surface area contributed by atoms with E-state index >= 15 is 0 Å². The number of thioether (sulfide) groups is 1. The maximum absolute atomic E-state index is 12.9. The molecule has 2 aliphatic heterocycles. The quantitative estimate of drug-likeness (QED) is 0.599. The molecular formula is C23H27N5O4S. The summed E-state index contributed by atoms with van der Waals surface area (Å²) in [6, 6.07) is 7.89. The number of piperazine rings is 1. The third-order valence-electron chi connectivity index (χ3n) is 6.60. The minimum Gasteiger partial charge on any atom is -0.485 e. The Morgan fingerprint density at radius 2 is 1.70 bits per heavy atom. The van der Waals surface area contributed by atoms with Gasteiger partial charge in [0.05, 0.1) is 5.75 Å². The van der Waals surface area contributed by atoms with E-state index in [1.165, 1.54) is 37.4 Å². The van der Waals surface area contributed by atoms with Gasteiger partial charge in [0.2, 0.25) is 12.0 Å². The number of para-hydroxylation sites is 2. The van der Waals surface area contributed by atoms with E-state index in [4.69, 9.17) is 9.47 Å². The molecule has 1 atom stereocenters. The first-order valence-corrected chi connectivity index (χ1v) is 12.7. The molecule has 9 nitrogen and oxygen atoms in total. The molecule has 2 aliphatic carbocycles. The average Bonchev–Trinajstić information content (AvgIpc) is 3.80. The molecule has 1 saturated heterocycles. The molecule has 0 bridgehead atoms. The van der Waals surface area contributed by atoms with Crippen LogP contribution in [-0.2, 0) is 9.59 Å². The number of aromatic nitrogens is 3. The van der Waals surface area contributed by atoms with Crippen molar-refractivity contribution in [1.29, 1.82) is 0 Å². The molecule has 1 aromatic heterocycles. The van der Waals surface area contributed by atoms with Gasteiger partial charge in [0.1, 0.15) is 12.4 Å². The summed E-state index contributed by atoms with van der Waals surface area (Å²) in [5, 5.41) is 9.68. The predicted octanol–water partition coefficient (Wildman–Crippen LogP) is 2.09. The maximum atomic E-state index is 12.9. The molecule has 10 heteroatoms. The van der Waals surface area contributed by atoms with Crippen molar-refractivity contribution in [2.75, 3.05) is 38.5 Å². The zero-order valence-corrected chi connectivity index (χ0v) is 19.2. The van der Waals surface area contributed by atoms with Gasteiger partial charge < -0.3 is 23.8 Å². The Morgan fingerprint density at radius 1 is 0.970 bits per heavy atom. The van der Waals surface area contributed by atoms with E-state index in [9.17, 15) is 9.59 Å². The van der Waals surface area contributed by atoms with Gasteiger partial charge in [-0.1, -0.05) is 23.9 Å². The summed E-state index contributed by atoms with van der Waals surface area (Å²) in [7, 11) is 0. The minimum atomic E-state index is -0.646. The first kappa shape index (κ1) is 20.8. The van der Waals surface area contributed by atoms with Gasteiger partial charge in [-0.05, 0) is 37.8 Å². The van der Waals surface area contributed by atoms with Gasteiger partial charge >= 0.3 is 0 Å². The van der Waals surface area contributed by atoms with Crippen LogP contribution in [0.1, 0.15) is 43.5 Å². The highest BCUT2D eigenvalue weighted by Gasteiger charge is 2.37. The first-order chi connectivity index (χ1) is 16.2. The number of benzene rings is 1. The molecule has 174 valence electrons. The first-order valence-electron chi connectivity index (χ1n) is 11.7. The van der Waals surface area contributed by atoms with Crippen LogP contribution in [0.25, 0.3) is 0 Å². The fraction of sp³-hybridized carbons (Fsp3) is 0.565. The van der Waals surface area contributed by atoms with Crippen LogP contribution in [0.3, 0.4) is 0 Å². The molecule has 0 radical (unpaired) electrons. The number of rotatable bonds is 6. The van der Waals surface area contributed by atoms with Gasteiger partial charge in [-0.3, -0.25) is 9.59 Å². The van der Waals surface area contributed by atoms with Gasteiger partial charge in [-0.2, -0.15) is 0 Å². The molecule has 4 aliphatic rings. The Labute approximate surface area is 196 Å². The SMILES string of the molecule is O=C(CSc1nnc(C2CC2)n1C1CC1)N1CCN(C(=O)[C@@H]2COc3ccccc3O2)CC1. The van der Waals surface area contributed by atoms with Crippen LogP contribution >= 0.6 is 11.8 Å². The molecule has 2 aromatic rings. The maximum Gasteiger partial charge on any atom is 0.267 e. The van der Waals surface area contributed by atoms with Crippen LogP contribution < -0.4 is 9.47 Å². The van der Waals surface area contributed by atoms with E-state index in [2.05, 4.69) is 14.8 Å². The molecule has 6 rings (SSSR count). The van der Waals surface area contributed by atoms with Crippen LogP contribution in [0.15, 0.2) is 29.4 Å². The number of fused-ring (bicyclic) bond motifs is 1. The molecule has 0 unspecified atom stereocenters. The highest BCUT2D eigenvalue weighted by Crippen LogP contribution is 2.46. The summed E-state index contributed by atoms with van der Waals surface area (Å²) >= 11 is 1.49. The van der Waals surface area contributed by atoms with Crippen LogP contribution in [-0.4, -0.2) is 81.0 Å². The lowest BCUT2D eigenvalue weighted by molar-refractivity contribution is -0.145. The summed E-state index contributed by atoms with van der Waals surface area (Å²) in [6.07, 6.45) is 4.10. The van der Waals surface area contributed by atoms with Gasteiger partial charge in [0.15, 0.2) is 16.7 Å². The molecule has 2 amide bonds. The summed E-state index contributed by atoms with van der Waals surface area (Å²) in [5.41, 5.74) is 0. The normalized spacial score (nSPS) is 22.4. The van der Waals surface area contributed by atoms with Gasteiger partial charge in [0, 0.05) is 38.1 Å². The van der Waals surface area contributed by atoms with Crippen LogP contribution in [0.5, 0.6) is 11.5 Å².